The van der Waals surface area contributed by atoms with Crippen molar-refractivity contribution in [1.29, 1.82) is 0 Å². The lowest BCUT2D eigenvalue weighted by molar-refractivity contribution is -0.129. The largest absolute Gasteiger partial charge is 0.360 e. The number of anilines is 1. The van der Waals surface area contributed by atoms with E-state index in [0.29, 0.717) is 13.1 Å². The summed E-state index contributed by atoms with van der Waals surface area (Å²) in [6.45, 7) is 2.61. The molecule has 2 N–H and O–H groups in total. The minimum absolute atomic E-state index is 0.165. The molecule has 0 bridgehead atoms. The van der Waals surface area contributed by atoms with Gasteiger partial charge in [0.25, 0.3) is 0 Å². The van der Waals surface area contributed by atoms with Gasteiger partial charge in [-0.15, -0.1) is 0 Å². The highest BCUT2D eigenvalue weighted by Crippen LogP contribution is 2.21. The zero-order valence-corrected chi connectivity index (χ0v) is 9.52. The van der Waals surface area contributed by atoms with E-state index in [2.05, 4.69) is 4.90 Å². The molecule has 0 atom stereocenters. The van der Waals surface area contributed by atoms with Crippen LogP contribution in [0.25, 0.3) is 0 Å². The highest BCUT2D eigenvalue weighted by Gasteiger charge is 2.22. The van der Waals surface area contributed by atoms with Gasteiger partial charge >= 0.3 is 0 Å². The number of piperazine rings is 1. The van der Waals surface area contributed by atoms with E-state index in [4.69, 9.17) is 5.73 Å². The second-order valence-corrected chi connectivity index (χ2v) is 4.07. The number of hydrogen-bond acceptors (Lipinski definition) is 3. The second kappa shape index (κ2) is 4.53. The molecule has 1 fully saturated rings. The van der Waals surface area contributed by atoms with Gasteiger partial charge in [0, 0.05) is 32.4 Å². The van der Waals surface area contributed by atoms with Crippen LogP contribution in [0.2, 0.25) is 0 Å². The molecule has 2 rings (SSSR count). The van der Waals surface area contributed by atoms with E-state index in [1.54, 1.807) is 4.90 Å². The molecule has 0 aliphatic carbocycles. The van der Waals surface area contributed by atoms with Crippen LogP contribution >= 0.6 is 0 Å². The normalized spacial score (nSPS) is 16.8. The van der Waals surface area contributed by atoms with Gasteiger partial charge in [-0.05, 0) is 11.6 Å². The second-order valence-electron chi connectivity index (χ2n) is 4.07. The van der Waals surface area contributed by atoms with Crippen molar-refractivity contribution >= 4 is 11.6 Å². The number of nitrogens with two attached hydrogens (primary N) is 1. The molecule has 1 aliphatic heterocycles. The Labute approximate surface area is 95.6 Å². The van der Waals surface area contributed by atoms with Gasteiger partial charge in [0.15, 0.2) is 0 Å². The van der Waals surface area contributed by atoms with E-state index in [-0.39, 0.29) is 5.91 Å². The van der Waals surface area contributed by atoms with Gasteiger partial charge in [0.2, 0.25) is 5.91 Å². The topological polar surface area (TPSA) is 49.6 Å². The zero-order valence-electron chi connectivity index (χ0n) is 9.52. The first-order valence-electron chi connectivity index (χ1n) is 5.49. The fourth-order valence-electron chi connectivity index (χ4n) is 1.96. The first-order chi connectivity index (χ1) is 7.72. The van der Waals surface area contributed by atoms with E-state index in [9.17, 15) is 4.79 Å². The summed E-state index contributed by atoms with van der Waals surface area (Å²) < 4.78 is 0. The highest BCUT2D eigenvalue weighted by molar-refractivity contribution is 5.82. The molecule has 1 saturated heterocycles. The third kappa shape index (κ3) is 2.02. The smallest absolute Gasteiger partial charge is 0.241 e. The fourth-order valence-corrected chi connectivity index (χ4v) is 1.96. The van der Waals surface area contributed by atoms with E-state index in [1.165, 1.54) is 0 Å². The van der Waals surface area contributed by atoms with Crippen molar-refractivity contribution in [2.45, 2.75) is 6.54 Å². The molecular weight excluding hydrogens is 202 g/mol. The molecule has 1 aromatic rings. The number of carbonyl (C=O) groups is 1. The van der Waals surface area contributed by atoms with Crippen molar-refractivity contribution in [2.24, 2.45) is 5.73 Å². The van der Waals surface area contributed by atoms with Crippen molar-refractivity contribution in [3.05, 3.63) is 29.8 Å². The Morgan fingerprint density at radius 3 is 2.75 bits per heavy atom. The van der Waals surface area contributed by atoms with Crippen LogP contribution in [0.5, 0.6) is 0 Å². The molecule has 1 aliphatic rings. The van der Waals surface area contributed by atoms with E-state index < -0.39 is 0 Å². The molecule has 0 saturated carbocycles. The summed E-state index contributed by atoms with van der Waals surface area (Å²) >= 11 is 0. The maximum atomic E-state index is 11.6. The Balaban J connectivity index is 2.21. The van der Waals surface area contributed by atoms with E-state index >= 15 is 0 Å². The van der Waals surface area contributed by atoms with E-state index in [1.807, 2.05) is 31.3 Å². The lowest BCUT2D eigenvalue weighted by Crippen LogP contribution is -2.48. The number of hydrogen-bond donors (Lipinski definition) is 1. The molecule has 4 heteroatoms. The Morgan fingerprint density at radius 1 is 1.31 bits per heavy atom. The molecule has 1 amide bonds. The monoisotopic (exact) mass is 219 g/mol. The van der Waals surface area contributed by atoms with Gasteiger partial charge in [-0.2, -0.15) is 0 Å². The quantitative estimate of drug-likeness (QED) is 0.784. The van der Waals surface area contributed by atoms with Crippen LogP contribution in [0.1, 0.15) is 5.56 Å². The molecule has 1 aromatic carbocycles. The standard InChI is InChI=1S/C12H17N3O/c1-14-6-7-15(9-12(14)16)11-5-3-2-4-10(11)8-13/h2-5H,6-9,13H2,1H3. The molecule has 0 spiro atoms. The number of nitrogens with zero attached hydrogens (tertiary/aromatic N) is 2. The summed E-state index contributed by atoms with van der Waals surface area (Å²) in [4.78, 5) is 15.5. The number of amides is 1. The maximum Gasteiger partial charge on any atom is 0.241 e. The molecular formula is C12H17N3O. The summed E-state index contributed by atoms with van der Waals surface area (Å²) in [5, 5.41) is 0. The number of benzene rings is 1. The molecule has 0 unspecified atom stereocenters. The van der Waals surface area contributed by atoms with Gasteiger partial charge < -0.3 is 15.5 Å². The Morgan fingerprint density at radius 2 is 2.06 bits per heavy atom. The average molecular weight is 219 g/mol. The third-order valence-corrected chi connectivity index (χ3v) is 3.01. The van der Waals surface area contributed by atoms with Gasteiger partial charge in [0.1, 0.15) is 0 Å². The van der Waals surface area contributed by atoms with Gasteiger partial charge in [-0.1, -0.05) is 18.2 Å². The van der Waals surface area contributed by atoms with E-state index in [0.717, 1.165) is 24.3 Å². The van der Waals surface area contributed by atoms with Gasteiger partial charge in [0.05, 0.1) is 6.54 Å². The number of para-hydroxylation sites is 1. The first-order valence-corrected chi connectivity index (χ1v) is 5.49. The highest BCUT2D eigenvalue weighted by atomic mass is 16.2. The van der Waals surface area contributed by atoms with Crippen LogP contribution in [0.3, 0.4) is 0 Å². The predicted molar refractivity (Wildman–Crippen MR) is 64.2 cm³/mol. The molecule has 1 heterocycles. The lowest BCUT2D eigenvalue weighted by Gasteiger charge is -2.34. The maximum absolute atomic E-state index is 11.6. The first kappa shape index (κ1) is 11.0. The molecule has 16 heavy (non-hydrogen) atoms. The molecule has 4 nitrogen and oxygen atoms in total. The number of carbonyl (C=O) groups excluding carboxylic acids is 1. The summed E-state index contributed by atoms with van der Waals surface area (Å²) in [6.07, 6.45) is 0. The van der Waals surface area contributed by atoms with Crippen LogP contribution in [0, 0.1) is 0 Å². The van der Waals surface area contributed by atoms with Gasteiger partial charge in [-0.25, -0.2) is 0 Å². The number of likely N-dealkylation sites (N-methyl/N-ethyl adjacent to an activating group) is 1. The SMILES string of the molecule is CN1CCN(c2ccccc2CN)CC1=O. The van der Waals surface area contributed by atoms with Crippen molar-refractivity contribution in [3.63, 3.8) is 0 Å². The molecule has 0 radical (unpaired) electrons. The zero-order chi connectivity index (χ0) is 11.5. The predicted octanol–water partition coefficient (Wildman–Crippen LogP) is 0.424. The van der Waals surface area contributed by atoms with Crippen LogP contribution in [-0.4, -0.2) is 37.5 Å². The summed E-state index contributed by atoms with van der Waals surface area (Å²) in [7, 11) is 1.84. The summed E-state index contributed by atoms with van der Waals surface area (Å²) in [5.74, 6) is 0.165. The van der Waals surface area contributed by atoms with Crippen LogP contribution in [-0.2, 0) is 11.3 Å². The Bertz CT molecular complexity index is 392. The minimum atomic E-state index is 0.165. The van der Waals surface area contributed by atoms with Crippen molar-refractivity contribution in [3.8, 4) is 0 Å². The van der Waals surface area contributed by atoms with Gasteiger partial charge in [-0.3, -0.25) is 4.79 Å². The van der Waals surface area contributed by atoms with Crippen LogP contribution in [0.15, 0.2) is 24.3 Å². The minimum Gasteiger partial charge on any atom is -0.360 e. The van der Waals surface area contributed by atoms with Crippen molar-refractivity contribution in [2.75, 3.05) is 31.6 Å². The Kier molecular flexibility index (Phi) is 3.10. The van der Waals surface area contributed by atoms with Crippen molar-refractivity contribution in [1.82, 2.24) is 4.90 Å². The third-order valence-electron chi connectivity index (χ3n) is 3.01. The summed E-state index contributed by atoms with van der Waals surface area (Å²) in [5.41, 5.74) is 7.88. The van der Waals surface area contributed by atoms with Crippen LogP contribution < -0.4 is 10.6 Å². The summed E-state index contributed by atoms with van der Waals surface area (Å²) in [6, 6.07) is 8.00. The number of rotatable bonds is 2. The van der Waals surface area contributed by atoms with Crippen molar-refractivity contribution < 1.29 is 4.79 Å². The van der Waals surface area contributed by atoms with Crippen LogP contribution in [0.4, 0.5) is 5.69 Å². The Hall–Kier alpha value is -1.55. The molecule has 86 valence electrons. The average Bonchev–Trinajstić information content (AvgIpc) is 2.32. The fraction of sp³-hybridized carbons (Fsp3) is 0.417. The lowest BCUT2D eigenvalue weighted by atomic mass is 10.1. The molecule has 0 aromatic heterocycles.